The Kier molecular flexibility index (Phi) is 10.0. The Morgan fingerprint density at radius 3 is 2.41 bits per heavy atom. The summed E-state index contributed by atoms with van der Waals surface area (Å²) in [7, 11) is -2.36. The molecular formula is C16H29BIO2SSi-. The second kappa shape index (κ2) is 9.78. The molecule has 0 radical (unpaired) electrons. The molecule has 0 aliphatic carbocycles. The van der Waals surface area contributed by atoms with E-state index >= 15 is 0 Å². The summed E-state index contributed by atoms with van der Waals surface area (Å²) in [5.41, 5.74) is 0.949. The molecule has 22 heavy (non-hydrogen) atoms. The van der Waals surface area contributed by atoms with Crippen molar-refractivity contribution in [3.05, 3.63) is 11.6 Å². The average molecular weight is 451 g/mol. The van der Waals surface area contributed by atoms with Crippen LogP contribution in [-0.4, -0.2) is 27.6 Å². The second-order valence-electron chi connectivity index (χ2n) is 7.13. The Morgan fingerprint density at radius 1 is 1.45 bits per heavy atom. The Hall–Kier alpha value is 0.582. The standard InChI is InChI=1S/C16H29BIO2SSi/c1-9-13(2)12-14(3)15(10-11-19-21(17)18)20-22(7,8)16(4,5)6/h1,12,14-15H,10-11H2,2-8H3/q-1/b13-12+/t14-,15-/m0/s1. The molecule has 2 nitrogen and oxygen atoms in total. The van der Waals surface area contributed by atoms with Gasteiger partial charge in [-0.25, -0.2) is 0 Å². The van der Waals surface area contributed by atoms with E-state index in [2.05, 4.69) is 74.0 Å². The van der Waals surface area contributed by atoms with Crippen LogP contribution in [0.25, 0.3) is 0 Å². The molecule has 0 aliphatic heterocycles. The first-order chi connectivity index (χ1) is 9.90. The molecule has 0 aromatic heterocycles. The second-order valence-corrected chi connectivity index (χ2v) is 15.2. The maximum absolute atomic E-state index is 6.60. The fourth-order valence-corrected chi connectivity index (χ4v) is 4.02. The van der Waals surface area contributed by atoms with Crippen molar-refractivity contribution < 1.29 is 8.61 Å². The van der Waals surface area contributed by atoms with Gasteiger partial charge >= 0.3 is 154 Å². The summed E-state index contributed by atoms with van der Waals surface area (Å²) in [6.45, 7) is 21.7. The summed E-state index contributed by atoms with van der Waals surface area (Å²) in [5.74, 6) is 2.94. The summed E-state index contributed by atoms with van der Waals surface area (Å²) in [6, 6.07) is 0. The Bertz CT molecular complexity index is 497. The Morgan fingerprint density at radius 2 is 2.00 bits per heavy atom. The summed E-state index contributed by atoms with van der Waals surface area (Å²) in [4.78, 5) is 0. The van der Waals surface area contributed by atoms with E-state index in [1.54, 1.807) is 0 Å². The fourth-order valence-electron chi connectivity index (χ4n) is 1.78. The molecule has 0 unspecified atom stereocenters. The van der Waals surface area contributed by atoms with Gasteiger partial charge in [0, 0.05) is 0 Å². The van der Waals surface area contributed by atoms with Crippen LogP contribution in [0.1, 0.15) is 41.0 Å². The third-order valence-electron chi connectivity index (χ3n) is 4.18. The van der Waals surface area contributed by atoms with E-state index in [4.69, 9.17) is 21.6 Å². The van der Waals surface area contributed by atoms with Crippen LogP contribution in [0.15, 0.2) is 11.6 Å². The third kappa shape index (κ3) is 8.44. The number of rotatable bonds is 7. The SMILES string of the molecule is B#[S-](I)OCC[C@H](O[Si](C)(C)C(C)(C)C)[C@@H](C)/C=C(\C)C#C. The predicted octanol–water partition coefficient (Wildman–Crippen LogP) is 4.97. The van der Waals surface area contributed by atoms with Crippen LogP contribution < -0.4 is 0 Å². The molecule has 0 fully saturated rings. The average Bonchev–Trinajstić information content (AvgIpc) is 2.35. The number of allylic oxidation sites excluding steroid dienone is 1. The van der Waals surface area contributed by atoms with E-state index in [1.807, 2.05) is 6.92 Å². The van der Waals surface area contributed by atoms with Crippen molar-refractivity contribution in [2.24, 2.45) is 5.92 Å². The maximum atomic E-state index is 6.60. The van der Waals surface area contributed by atoms with E-state index in [-0.39, 0.29) is 17.1 Å². The van der Waals surface area contributed by atoms with Crippen LogP contribution >= 0.6 is 21.2 Å². The van der Waals surface area contributed by atoms with Gasteiger partial charge in [0.1, 0.15) is 0 Å². The van der Waals surface area contributed by atoms with E-state index in [1.165, 1.54) is 0 Å². The van der Waals surface area contributed by atoms with E-state index in [0.717, 1.165) is 12.0 Å². The Labute approximate surface area is 153 Å². The molecule has 0 aromatic carbocycles. The zero-order chi connectivity index (χ0) is 17.6. The molecule has 2 atom stereocenters. The van der Waals surface area contributed by atoms with E-state index < -0.39 is 15.9 Å². The molecule has 0 aromatic rings. The minimum atomic E-state index is -1.84. The molecule has 0 heterocycles. The molecule has 126 valence electrons. The first-order valence-electron chi connectivity index (χ1n) is 7.51. The molecule has 6 heteroatoms. The zero-order valence-electron chi connectivity index (χ0n) is 14.9. The van der Waals surface area contributed by atoms with Crippen molar-refractivity contribution in [3.63, 3.8) is 0 Å². The predicted molar refractivity (Wildman–Crippen MR) is 112 cm³/mol. The van der Waals surface area contributed by atoms with Crippen LogP contribution in [0.4, 0.5) is 0 Å². The fraction of sp³-hybridized carbons (Fsp3) is 0.750. The molecule has 0 saturated heterocycles. The van der Waals surface area contributed by atoms with Crippen LogP contribution in [0.5, 0.6) is 0 Å². The molecule has 0 N–H and O–H groups in total. The van der Waals surface area contributed by atoms with Crippen LogP contribution in [0.2, 0.25) is 18.1 Å². The summed E-state index contributed by atoms with van der Waals surface area (Å²) >= 11 is 2.09. The molecular weight excluding hydrogens is 422 g/mol. The normalized spacial score (nSPS) is 16.5. The van der Waals surface area contributed by atoms with Gasteiger partial charge in [0.25, 0.3) is 0 Å². The Balaban J connectivity index is 5.10. The van der Waals surface area contributed by atoms with Gasteiger partial charge in [-0.1, -0.05) is 0 Å². The van der Waals surface area contributed by atoms with Crippen LogP contribution in [0, 0.1) is 18.3 Å². The van der Waals surface area contributed by atoms with Gasteiger partial charge in [0.05, 0.1) is 0 Å². The molecule has 0 rings (SSSR count). The van der Waals surface area contributed by atoms with Gasteiger partial charge in [-0.2, -0.15) is 0 Å². The van der Waals surface area contributed by atoms with Crippen molar-refractivity contribution >= 4 is 43.6 Å². The monoisotopic (exact) mass is 451 g/mol. The summed E-state index contributed by atoms with van der Waals surface area (Å²) < 4.78 is 12.1. The number of hydrogen-bond donors (Lipinski definition) is 0. The van der Waals surface area contributed by atoms with Crippen LogP contribution in [-0.2, 0) is 16.2 Å². The summed E-state index contributed by atoms with van der Waals surface area (Å²) in [6.07, 6.45) is 8.51. The molecule has 0 bridgehead atoms. The minimum absolute atomic E-state index is 0.101. The van der Waals surface area contributed by atoms with Gasteiger partial charge in [-0.15, -0.1) is 0 Å². The van der Waals surface area contributed by atoms with Crippen molar-refractivity contribution in [3.8, 4) is 12.3 Å². The number of halogens is 1. The van der Waals surface area contributed by atoms with Crippen LogP contribution in [0.3, 0.4) is 0 Å². The van der Waals surface area contributed by atoms with Gasteiger partial charge in [0.2, 0.25) is 0 Å². The summed E-state index contributed by atoms with van der Waals surface area (Å²) in [5, 5.41) is 0.179. The van der Waals surface area contributed by atoms with Crippen molar-refractivity contribution in [1.29, 1.82) is 0 Å². The van der Waals surface area contributed by atoms with Crippen molar-refractivity contribution in [2.45, 2.75) is 65.3 Å². The molecule has 0 aliphatic rings. The first-order valence-corrected chi connectivity index (χ1v) is 14.2. The van der Waals surface area contributed by atoms with Crippen molar-refractivity contribution in [1.82, 2.24) is 0 Å². The third-order valence-corrected chi connectivity index (χ3v) is 9.84. The van der Waals surface area contributed by atoms with Gasteiger partial charge in [-0.3, -0.25) is 0 Å². The number of terminal acetylenes is 1. The van der Waals surface area contributed by atoms with Crippen molar-refractivity contribution in [2.75, 3.05) is 6.61 Å². The first kappa shape index (κ1) is 22.6. The van der Waals surface area contributed by atoms with Gasteiger partial charge < -0.3 is 0 Å². The van der Waals surface area contributed by atoms with Gasteiger partial charge in [-0.05, 0) is 0 Å². The topological polar surface area (TPSA) is 18.5 Å². The zero-order valence-corrected chi connectivity index (χ0v) is 18.9. The molecule has 0 spiro atoms. The van der Waals surface area contributed by atoms with Gasteiger partial charge in [0.15, 0.2) is 0 Å². The quantitative estimate of drug-likeness (QED) is 0.236. The molecule has 0 saturated carbocycles. The van der Waals surface area contributed by atoms with E-state index in [0.29, 0.717) is 6.61 Å². The number of hydrogen-bond acceptors (Lipinski definition) is 3. The molecule has 0 amide bonds. The van der Waals surface area contributed by atoms with E-state index in [9.17, 15) is 0 Å².